The summed E-state index contributed by atoms with van der Waals surface area (Å²) in [7, 11) is 0. The molecule has 2 aromatic rings. The van der Waals surface area contributed by atoms with Gasteiger partial charge >= 0.3 is 0 Å². The third-order valence-corrected chi connectivity index (χ3v) is 3.36. The smallest absolute Gasteiger partial charge is 0.254 e. The molecule has 0 saturated heterocycles. The Bertz CT molecular complexity index is 628. The van der Waals surface area contributed by atoms with E-state index in [1.165, 1.54) is 6.26 Å². The number of hydrogen-bond donors (Lipinski definition) is 2. The van der Waals surface area contributed by atoms with Crippen molar-refractivity contribution in [1.29, 1.82) is 0 Å². The van der Waals surface area contributed by atoms with Gasteiger partial charge in [0.2, 0.25) is 0 Å². The first-order valence-electron chi connectivity index (χ1n) is 7.41. The number of nitrogens with two attached hydrogens (primary N) is 1. The predicted octanol–water partition coefficient (Wildman–Crippen LogP) is 3.06. The molecule has 3 N–H and O–H groups in total. The van der Waals surface area contributed by atoms with Gasteiger partial charge in [-0.1, -0.05) is 19.1 Å². The van der Waals surface area contributed by atoms with Crippen molar-refractivity contribution in [3.05, 3.63) is 53.5 Å². The Balaban J connectivity index is 0.00000264. The number of amides is 1. The molecule has 0 aliphatic rings. The lowest BCUT2D eigenvalue weighted by atomic mass is 10.2. The number of carbonyl (C=O) groups is 1. The third kappa shape index (κ3) is 5.62. The second-order valence-electron chi connectivity index (χ2n) is 5.18. The van der Waals surface area contributed by atoms with Gasteiger partial charge in [-0.25, -0.2) is 0 Å². The maximum atomic E-state index is 12.0. The minimum Gasteiger partial charge on any atom is -0.489 e. The van der Waals surface area contributed by atoms with Crippen molar-refractivity contribution in [2.45, 2.75) is 32.9 Å². The fraction of sp³-hybridized carbons (Fsp3) is 0.353. The summed E-state index contributed by atoms with van der Waals surface area (Å²) in [6.45, 7) is 4.76. The fourth-order valence-corrected chi connectivity index (χ4v) is 2.07. The van der Waals surface area contributed by atoms with Crippen molar-refractivity contribution in [2.24, 2.45) is 5.73 Å². The molecule has 1 atom stereocenters. The lowest BCUT2D eigenvalue weighted by Gasteiger charge is -2.18. The lowest BCUT2D eigenvalue weighted by Crippen LogP contribution is -2.34. The molecule has 1 aromatic heterocycles. The largest absolute Gasteiger partial charge is 0.489 e. The van der Waals surface area contributed by atoms with Gasteiger partial charge in [-0.05, 0) is 37.1 Å². The Kier molecular flexibility index (Phi) is 7.65. The Hall–Kier alpha value is -1.98. The molecule has 0 radical (unpaired) electrons. The second-order valence-corrected chi connectivity index (χ2v) is 5.18. The SMILES string of the molecule is CCC(CNC(=O)c1coc(CN)c1)Oc1cccc(C)c1.Cl. The number of nitrogens with one attached hydrogen (secondary N) is 1. The van der Waals surface area contributed by atoms with Gasteiger partial charge in [-0.15, -0.1) is 12.4 Å². The van der Waals surface area contributed by atoms with Crippen LogP contribution in [0, 0.1) is 6.92 Å². The van der Waals surface area contributed by atoms with Crippen LogP contribution in [0.1, 0.15) is 35.0 Å². The van der Waals surface area contributed by atoms with Gasteiger partial charge in [-0.2, -0.15) is 0 Å². The first kappa shape index (κ1) is 19.1. The number of benzene rings is 1. The summed E-state index contributed by atoms with van der Waals surface area (Å²) >= 11 is 0. The van der Waals surface area contributed by atoms with Crippen molar-refractivity contribution < 1.29 is 13.9 Å². The quantitative estimate of drug-likeness (QED) is 0.813. The summed E-state index contributed by atoms with van der Waals surface area (Å²) in [6, 6.07) is 9.52. The van der Waals surface area contributed by atoms with E-state index >= 15 is 0 Å². The summed E-state index contributed by atoms with van der Waals surface area (Å²) in [6.07, 6.45) is 2.14. The van der Waals surface area contributed by atoms with Crippen molar-refractivity contribution in [3.63, 3.8) is 0 Å². The van der Waals surface area contributed by atoms with E-state index in [0.29, 0.717) is 17.9 Å². The van der Waals surface area contributed by atoms with Gasteiger partial charge in [0, 0.05) is 0 Å². The number of furan rings is 1. The normalized spacial score (nSPS) is 11.4. The van der Waals surface area contributed by atoms with Crippen LogP contribution in [0.4, 0.5) is 0 Å². The monoisotopic (exact) mass is 338 g/mol. The molecule has 2 rings (SSSR count). The average molecular weight is 339 g/mol. The van der Waals surface area contributed by atoms with Crippen LogP contribution in [0.3, 0.4) is 0 Å². The standard InChI is InChI=1S/C17H22N2O3.ClH/c1-3-14(22-15-6-4-5-12(2)7-15)10-19-17(20)13-8-16(9-18)21-11-13;/h4-8,11,14H,3,9-10,18H2,1-2H3,(H,19,20);1H. The van der Waals surface area contributed by atoms with Gasteiger partial charge in [0.15, 0.2) is 0 Å². The van der Waals surface area contributed by atoms with E-state index in [2.05, 4.69) is 5.32 Å². The van der Waals surface area contributed by atoms with Crippen LogP contribution in [0.15, 0.2) is 41.0 Å². The minimum atomic E-state index is -0.185. The first-order chi connectivity index (χ1) is 10.6. The van der Waals surface area contributed by atoms with Gasteiger partial charge in [0.05, 0.1) is 18.7 Å². The summed E-state index contributed by atoms with van der Waals surface area (Å²) in [5.74, 6) is 1.22. The lowest BCUT2D eigenvalue weighted by molar-refractivity contribution is 0.0925. The number of hydrogen-bond acceptors (Lipinski definition) is 4. The summed E-state index contributed by atoms with van der Waals surface area (Å²) in [4.78, 5) is 12.0. The minimum absolute atomic E-state index is 0. The molecular formula is C17H23ClN2O3. The molecule has 1 amide bonds. The Labute approximate surface area is 142 Å². The molecule has 0 aliphatic carbocycles. The molecule has 1 aromatic carbocycles. The number of carbonyl (C=O) groups excluding carboxylic acids is 1. The zero-order chi connectivity index (χ0) is 15.9. The highest BCUT2D eigenvalue weighted by Crippen LogP contribution is 2.15. The molecule has 1 heterocycles. The number of ether oxygens (including phenoxy) is 1. The van der Waals surface area contributed by atoms with E-state index < -0.39 is 0 Å². The molecule has 23 heavy (non-hydrogen) atoms. The first-order valence-corrected chi connectivity index (χ1v) is 7.41. The van der Waals surface area contributed by atoms with Gasteiger partial charge in [0.25, 0.3) is 5.91 Å². The zero-order valence-electron chi connectivity index (χ0n) is 13.4. The van der Waals surface area contributed by atoms with E-state index in [4.69, 9.17) is 14.9 Å². The maximum Gasteiger partial charge on any atom is 0.254 e. The van der Waals surface area contributed by atoms with Gasteiger partial charge in [0.1, 0.15) is 23.9 Å². The summed E-state index contributed by atoms with van der Waals surface area (Å²) < 4.78 is 11.1. The van der Waals surface area contributed by atoms with Crippen molar-refractivity contribution >= 4 is 18.3 Å². The average Bonchev–Trinajstić information content (AvgIpc) is 3.00. The molecule has 0 aliphatic heterocycles. The van der Waals surface area contributed by atoms with Crippen LogP contribution in [0.25, 0.3) is 0 Å². The number of rotatable bonds is 7. The molecule has 0 saturated carbocycles. The molecule has 5 nitrogen and oxygen atoms in total. The highest BCUT2D eigenvalue weighted by molar-refractivity contribution is 5.93. The van der Waals surface area contributed by atoms with Crippen LogP contribution >= 0.6 is 12.4 Å². The Morgan fingerprint density at radius 1 is 1.39 bits per heavy atom. The highest BCUT2D eigenvalue weighted by Gasteiger charge is 2.13. The molecule has 0 spiro atoms. The van der Waals surface area contributed by atoms with Crippen LogP contribution in [0.2, 0.25) is 0 Å². The van der Waals surface area contributed by atoms with E-state index in [-0.39, 0.29) is 31.0 Å². The molecule has 6 heteroatoms. The Morgan fingerprint density at radius 2 is 2.17 bits per heavy atom. The van der Waals surface area contributed by atoms with E-state index in [1.54, 1.807) is 6.07 Å². The second kappa shape index (κ2) is 9.22. The van der Waals surface area contributed by atoms with Crippen LogP contribution in [-0.2, 0) is 6.54 Å². The molecule has 1 unspecified atom stereocenters. The fourth-order valence-electron chi connectivity index (χ4n) is 2.07. The van der Waals surface area contributed by atoms with Crippen molar-refractivity contribution in [2.75, 3.05) is 6.54 Å². The van der Waals surface area contributed by atoms with Crippen LogP contribution in [0.5, 0.6) is 5.75 Å². The van der Waals surface area contributed by atoms with Crippen LogP contribution in [-0.4, -0.2) is 18.6 Å². The molecular weight excluding hydrogens is 316 g/mol. The predicted molar refractivity (Wildman–Crippen MR) is 92.1 cm³/mol. The Morgan fingerprint density at radius 3 is 2.78 bits per heavy atom. The van der Waals surface area contributed by atoms with E-state index in [9.17, 15) is 4.79 Å². The van der Waals surface area contributed by atoms with Crippen molar-refractivity contribution in [3.8, 4) is 5.75 Å². The number of halogens is 1. The molecule has 0 fully saturated rings. The molecule has 0 bridgehead atoms. The van der Waals surface area contributed by atoms with Gasteiger partial charge < -0.3 is 20.2 Å². The topological polar surface area (TPSA) is 77.5 Å². The van der Waals surface area contributed by atoms with Crippen molar-refractivity contribution in [1.82, 2.24) is 5.32 Å². The zero-order valence-corrected chi connectivity index (χ0v) is 14.2. The summed E-state index contributed by atoms with van der Waals surface area (Å²) in [5.41, 5.74) is 7.08. The van der Waals surface area contributed by atoms with E-state index in [1.807, 2.05) is 38.1 Å². The van der Waals surface area contributed by atoms with Crippen LogP contribution < -0.4 is 15.8 Å². The third-order valence-electron chi connectivity index (χ3n) is 3.36. The van der Waals surface area contributed by atoms with Gasteiger partial charge in [-0.3, -0.25) is 4.79 Å². The summed E-state index contributed by atoms with van der Waals surface area (Å²) in [5, 5.41) is 2.86. The maximum absolute atomic E-state index is 12.0. The molecule has 126 valence electrons. The highest BCUT2D eigenvalue weighted by atomic mass is 35.5. The van der Waals surface area contributed by atoms with E-state index in [0.717, 1.165) is 17.7 Å². The number of aryl methyl sites for hydroxylation is 1.